The topological polar surface area (TPSA) is 75.3 Å². The van der Waals surface area contributed by atoms with E-state index in [-0.39, 0.29) is 0 Å². The Labute approximate surface area is 387 Å². The highest BCUT2D eigenvalue weighted by atomic mass is 15.2. The van der Waals surface area contributed by atoms with Crippen molar-refractivity contribution in [3.8, 4) is 11.4 Å². The molecule has 324 valence electrons. The van der Waals surface area contributed by atoms with Gasteiger partial charge >= 0.3 is 0 Å². The SMILES string of the molecule is C=C/C=C\C=C1/Cc2ccccc2N1c1cccc(CN=C)c1.C=N.Cc1ccccc1-n1c2ccccc2c2ccc3c4ccccc4n(-c4ccccc4)c3c21.NCc1ccccc1. The van der Waals surface area contributed by atoms with Crippen molar-refractivity contribution in [1.82, 2.24) is 9.13 Å². The molecule has 6 nitrogen and oxygen atoms in total. The van der Waals surface area contributed by atoms with Gasteiger partial charge in [0.15, 0.2) is 0 Å². The Morgan fingerprint density at radius 3 is 1.74 bits per heavy atom. The third-order valence-electron chi connectivity index (χ3n) is 11.8. The minimum Gasteiger partial charge on any atom is -0.326 e. The standard InChI is InChI=1S/C31H22N2.C21H20N2.C7H9N.CH3N/c1-21-11-5-8-16-27(21)33-29-18-10-7-15-24(29)26-20-19-25-23-14-6-9-17-28(23)32(30(25)31(26)33)22-12-3-2-4-13-22;1-3-4-5-11-20-15-18-10-6-7-13-21(18)23(20)19-12-8-9-17(14-19)16-22-2;8-6-7-4-2-1-3-5-7;1-2/h2-20H,1H3;3-14H,1-2,15-16H2;1-5H,6,8H2;2H,1H2/b;5-4-,20-11+;;. The van der Waals surface area contributed by atoms with E-state index in [1.807, 2.05) is 42.5 Å². The van der Waals surface area contributed by atoms with Gasteiger partial charge in [-0.25, -0.2) is 0 Å². The van der Waals surface area contributed by atoms with Crippen LogP contribution in [-0.4, -0.2) is 22.6 Å². The Balaban J connectivity index is 0.000000155. The molecule has 0 unspecified atom stereocenters. The van der Waals surface area contributed by atoms with Gasteiger partial charge in [-0.1, -0.05) is 170 Å². The van der Waals surface area contributed by atoms with Crippen LogP contribution in [0.5, 0.6) is 0 Å². The van der Waals surface area contributed by atoms with E-state index >= 15 is 0 Å². The fraction of sp³-hybridized carbons (Fsp3) is 0.0667. The number of benzene rings is 8. The Kier molecular flexibility index (Phi) is 14.0. The molecule has 0 spiro atoms. The Bertz CT molecular complexity index is 3340. The number of rotatable bonds is 8. The van der Waals surface area contributed by atoms with Gasteiger partial charge in [0.2, 0.25) is 0 Å². The first-order valence-corrected chi connectivity index (χ1v) is 22.1. The van der Waals surface area contributed by atoms with Gasteiger partial charge in [-0.3, -0.25) is 4.99 Å². The molecule has 1 aliphatic heterocycles. The van der Waals surface area contributed by atoms with E-state index in [9.17, 15) is 0 Å². The first-order valence-electron chi connectivity index (χ1n) is 22.1. The number of para-hydroxylation sites is 5. The quantitative estimate of drug-likeness (QED) is 0.118. The lowest BCUT2D eigenvalue weighted by Gasteiger charge is -2.22. The van der Waals surface area contributed by atoms with E-state index in [4.69, 9.17) is 11.1 Å². The summed E-state index contributed by atoms with van der Waals surface area (Å²) in [5.74, 6) is 0. The van der Waals surface area contributed by atoms with E-state index in [1.54, 1.807) is 6.08 Å². The Morgan fingerprint density at radius 2 is 1.11 bits per heavy atom. The first-order chi connectivity index (χ1) is 32.6. The predicted molar refractivity (Wildman–Crippen MR) is 283 cm³/mol. The first kappa shape index (κ1) is 44.3. The average molecular weight is 859 g/mol. The molecule has 11 rings (SSSR count). The highest BCUT2D eigenvalue weighted by molar-refractivity contribution is 6.23. The van der Waals surface area contributed by atoms with E-state index in [0.29, 0.717) is 13.1 Å². The molecule has 0 aliphatic carbocycles. The van der Waals surface area contributed by atoms with Crippen LogP contribution in [-0.2, 0) is 19.5 Å². The lowest BCUT2D eigenvalue weighted by atomic mass is 10.1. The van der Waals surface area contributed by atoms with Crippen molar-refractivity contribution in [2.75, 3.05) is 4.90 Å². The van der Waals surface area contributed by atoms with Gasteiger partial charge < -0.3 is 25.2 Å². The van der Waals surface area contributed by atoms with Crippen LogP contribution in [0.1, 0.15) is 22.3 Å². The number of hydrogen-bond donors (Lipinski definition) is 2. The van der Waals surface area contributed by atoms with Crippen molar-refractivity contribution in [3.05, 3.63) is 253 Å². The maximum Gasteiger partial charge on any atom is 0.0789 e. The summed E-state index contributed by atoms with van der Waals surface area (Å²) in [6.07, 6.45) is 8.87. The second-order valence-electron chi connectivity index (χ2n) is 15.8. The number of anilines is 2. The summed E-state index contributed by atoms with van der Waals surface area (Å²) < 4.78 is 4.89. The molecule has 1 aliphatic rings. The number of nitrogens with two attached hydrogens (primary N) is 1. The molecule has 66 heavy (non-hydrogen) atoms. The predicted octanol–water partition coefficient (Wildman–Crippen LogP) is 14.8. The molecule has 0 fully saturated rings. The number of allylic oxidation sites excluding steroid dienone is 5. The summed E-state index contributed by atoms with van der Waals surface area (Å²) in [4.78, 5) is 6.31. The molecule has 0 bridgehead atoms. The second-order valence-corrected chi connectivity index (χ2v) is 15.8. The van der Waals surface area contributed by atoms with E-state index in [0.717, 1.165) is 12.1 Å². The maximum atomic E-state index is 5.50. The molecule has 0 radical (unpaired) electrons. The Hall–Kier alpha value is -8.32. The van der Waals surface area contributed by atoms with Crippen LogP contribution in [0.3, 0.4) is 0 Å². The smallest absolute Gasteiger partial charge is 0.0789 e. The molecule has 2 aromatic heterocycles. The van der Waals surface area contributed by atoms with Gasteiger partial charge in [-0.05, 0) is 97.2 Å². The molecule has 8 aromatic carbocycles. The van der Waals surface area contributed by atoms with Crippen molar-refractivity contribution in [1.29, 1.82) is 5.41 Å². The van der Waals surface area contributed by atoms with Gasteiger partial charge in [0.05, 0.1) is 28.6 Å². The normalized spacial score (nSPS) is 12.3. The fourth-order valence-corrected chi connectivity index (χ4v) is 8.94. The van der Waals surface area contributed by atoms with Gasteiger partial charge in [0.1, 0.15) is 0 Å². The van der Waals surface area contributed by atoms with Crippen LogP contribution in [0.4, 0.5) is 11.4 Å². The molecule has 0 atom stereocenters. The van der Waals surface area contributed by atoms with Crippen molar-refractivity contribution in [3.63, 3.8) is 0 Å². The van der Waals surface area contributed by atoms with Gasteiger partial charge in [-0.2, -0.15) is 0 Å². The molecular weight excluding hydrogens is 805 g/mol. The zero-order valence-corrected chi connectivity index (χ0v) is 37.4. The number of aliphatic imine (C=N–C) groups is 1. The summed E-state index contributed by atoms with van der Waals surface area (Å²) >= 11 is 0. The summed E-state index contributed by atoms with van der Waals surface area (Å²) in [6, 6.07) is 68.5. The molecule has 0 saturated carbocycles. The minimum atomic E-state index is 0.638. The maximum absolute atomic E-state index is 5.50. The van der Waals surface area contributed by atoms with E-state index in [1.165, 1.54) is 88.6 Å². The van der Waals surface area contributed by atoms with Crippen LogP contribution >= 0.6 is 0 Å². The molecule has 10 aromatic rings. The van der Waals surface area contributed by atoms with Crippen molar-refractivity contribution in [2.45, 2.75) is 26.4 Å². The van der Waals surface area contributed by atoms with Crippen LogP contribution in [0.15, 0.2) is 236 Å². The molecule has 0 saturated heterocycles. The number of aromatic nitrogens is 2. The van der Waals surface area contributed by atoms with Crippen molar-refractivity contribution >= 4 is 68.4 Å². The van der Waals surface area contributed by atoms with E-state index < -0.39 is 0 Å². The zero-order valence-electron chi connectivity index (χ0n) is 37.4. The number of aryl methyl sites for hydroxylation is 1. The van der Waals surface area contributed by atoms with Crippen LogP contribution in [0.25, 0.3) is 55.0 Å². The minimum absolute atomic E-state index is 0.638. The fourth-order valence-electron chi connectivity index (χ4n) is 8.94. The third kappa shape index (κ3) is 8.91. The number of hydrogen-bond acceptors (Lipinski definition) is 4. The lowest BCUT2D eigenvalue weighted by Crippen LogP contribution is -2.11. The summed E-state index contributed by atoms with van der Waals surface area (Å²) in [5.41, 5.74) is 21.3. The summed E-state index contributed by atoms with van der Waals surface area (Å²) in [6.45, 7) is 13.3. The summed E-state index contributed by atoms with van der Waals surface area (Å²) in [5, 5.41) is 10.6. The number of fused-ring (bicyclic) bond motifs is 8. The monoisotopic (exact) mass is 858 g/mol. The van der Waals surface area contributed by atoms with E-state index in [2.05, 4.69) is 216 Å². The summed E-state index contributed by atoms with van der Waals surface area (Å²) in [7, 11) is 0. The second kappa shape index (κ2) is 20.9. The highest BCUT2D eigenvalue weighted by Crippen LogP contribution is 2.43. The highest BCUT2D eigenvalue weighted by Gasteiger charge is 2.25. The average Bonchev–Trinajstić information content (AvgIpc) is 4.04. The number of nitrogens with zero attached hydrogens (tertiary/aromatic N) is 4. The van der Waals surface area contributed by atoms with Gasteiger partial charge in [-0.15, -0.1) is 0 Å². The van der Waals surface area contributed by atoms with Crippen molar-refractivity contribution < 1.29 is 0 Å². The largest absolute Gasteiger partial charge is 0.326 e. The molecule has 0 amide bonds. The molecule has 6 heteroatoms. The van der Waals surface area contributed by atoms with Crippen LogP contribution in [0.2, 0.25) is 0 Å². The van der Waals surface area contributed by atoms with Crippen LogP contribution in [0, 0.1) is 12.3 Å². The zero-order chi connectivity index (χ0) is 45.8. The van der Waals surface area contributed by atoms with Crippen molar-refractivity contribution in [2.24, 2.45) is 10.7 Å². The van der Waals surface area contributed by atoms with Gasteiger partial charge in [0.25, 0.3) is 0 Å². The lowest BCUT2D eigenvalue weighted by molar-refractivity contribution is 1.07. The van der Waals surface area contributed by atoms with Gasteiger partial charge in [0, 0.05) is 63.0 Å². The van der Waals surface area contributed by atoms with Crippen LogP contribution < -0.4 is 10.6 Å². The third-order valence-corrected chi connectivity index (χ3v) is 11.8. The molecular formula is C60H54N6. The number of nitrogens with one attached hydrogen (secondary N) is 1. The molecule has 3 N–H and O–H groups in total. The molecule has 3 heterocycles. The Morgan fingerprint density at radius 1 is 0.561 bits per heavy atom.